The van der Waals surface area contributed by atoms with E-state index in [1.165, 1.54) is 14.2 Å². The van der Waals surface area contributed by atoms with E-state index < -0.39 is 64.0 Å². The number of likely N-dealkylation sites (tertiary alicyclic amines) is 1. The van der Waals surface area contributed by atoms with Gasteiger partial charge in [-0.1, -0.05) is 67.0 Å². The summed E-state index contributed by atoms with van der Waals surface area (Å²) in [7, 11) is 4.32. The molecule has 0 unspecified atom stereocenters. The van der Waals surface area contributed by atoms with Crippen LogP contribution >= 0.6 is 0 Å². The molecule has 4 amide bonds. The first kappa shape index (κ1) is 45.9. The summed E-state index contributed by atoms with van der Waals surface area (Å²) in [6.45, 7) is 13.8. The second-order valence-electron chi connectivity index (χ2n) is 15.4. The molecule has 0 spiro atoms. The van der Waals surface area contributed by atoms with Crippen molar-refractivity contribution < 1.29 is 37.1 Å². The minimum Gasteiger partial charge on any atom is -0.399 e. The smallest absolute Gasteiger partial charge is 0.245 e. The van der Waals surface area contributed by atoms with Crippen LogP contribution in [0.3, 0.4) is 0 Å². The number of benzene rings is 1. The van der Waals surface area contributed by atoms with E-state index in [0.717, 1.165) is 0 Å². The van der Waals surface area contributed by atoms with E-state index in [2.05, 4.69) is 10.0 Å². The molecule has 0 aliphatic carbocycles. The van der Waals surface area contributed by atoms with Crippen molar-refractivity contribution in [2.24, 2.45) is 23.7 Å². The molecule has 2 rings (SSSR count). The number of hydrogen-bond donors (Lipinski definition) is 3. The monoisotopic (exact) mass is 766 g/mol. The van der Waals surface area contributed by atoms with Crippen LogP contribution in [0.2, 0.25) is 0 Å². The molecule has 1 aliphatic rings. The number of nitrogens with one attached hydrogen (secondary N) is 2. The van der Waals surface area contributed by atoms with Gasteiger partial charge in [0.25, 0.3) is 0 Å². The number of anilines is 1. The molecular formula is C38H66N6O8S. The number of methoxy groups -OCH3 is 2. The normalized spacial score (nSPS) is 19.0. The van der Waals surface area contributed by atoms with Gasteiger partial charge in [0.05, 0.1) is 48.4 Å². The van der Waals surface area contributed by atoms with Crippen molar-refractivity contribution in [3.63, 3.8) is 0 Å². The molecule has 1 heterocycles. The molecule has 0 aromatic heterocycles. The Bertz CT molecular complexity index is 1460. The van der Waals surface area contributed by atoms with Gasteiger partial charge in [-0.2, -0.15) is 0 Å². The largest absolute Gasteiger partial charge is 0.399 e. The van der Waals surface area contributed by atoms with Crippen molar-refractivity contribution in [1.82, 2.24) is 24.7 Å². The summed E-state index contributed by atoms with van der Waals surface area (Å²) < 4.78 is 39.7. The topological polar surface area (TPSA) is 181 Å². The predicted molar refractivity (Wildman–Crippen MR) is 207 cm³/mol. The molecule has 14 nitrogen and oxygen atoms in total. The van der Waals surface area contributed by atoms with Crippen molar-refractivity contribution in [3.05, 3.63) is 29.8 Å². The summed E-state index contributed by atoms with van der Waals surface area (Å²) >= 11 is 0. The van der Waals surface area contributed by atoms with Crippen molar-refractivity contribution in [3.8, 4) is 0 Å². The number of nitrogens with zero attached hydrogens (tertiary/aromatic N) is 3. The van der Waals surface area contributed by atoms with Crippen LogP contribution in [0.15, 0.2) is 24.3 Å². The lowest BCUT2D eigenvalue weighted by molar-refractivity contribution is -0.148. The molecule has 0 radical (unpaired) electrons. The third-order valence-corrected chi connectivity index (χ3v) is 11.8. The molecule has 4 N–H and O–H groups in total. The van der Waals surface area contributed by atoms with Gasteiger partial charge in [0.1, 0.15) is 6.04 Å². The van der Waals surface area contributed by atoms with Crippen LogP contribution in [-0.4, -0.2) is 125 Å². The van der Waals surface area contributed by atoms with Crippen LogP contribution in [-0.2, 0) is 44.4 Å². The van der Waals surface area contributed by atoms with E-state index in [1.54, 1.807) is 48.0 Å². The molecule has 302 valence electrons. The van der Waals surface area contributed by atoms with Gasteiger partial charge >= 0.3 is 0 Å². The standard InChI is InChI=1S/C38H66N6O8S/c1-13-25(6)34(43(10)38(48)32(23(2)3)40-37(47)33(24(4)5)42(8)9)30(51-11)21-31(45)44-20-14-15-29(44)35(52-12)26(7)36(46)41-53(49,50)22-27-16-18-28(39)19-17-27/h16-19,23-26,29-30,32-35H,13-15,20-22,39H2,1-12H3,(H,40,47)(H,41,46)/t25-,26+,29-,30+,32-,33-,34-,35+/m0/s1. The molecule has 1 aromatic rings. The number of amides is 4. The zero-order chi connectivity index (χ0) is 40.4. The van der Waals surface area contributed by atoms with Gasteiger partial charge in [-0.3, -0.25) is 28.8 Å². The van der Waals surface area contributed by atoms with Crippen LogP contribution < -0.4 is 15.8 Å². The summed E-state index contributed by atoms with van der Waals surface area (Å²) in [4.78, 5) is 60.1. The Morgan fingerprint density at radius 1 is 0.943 bits per heavy atom. The minimum atomic E-state index is -4.02. The number of ether oxygens (including phenoxy) is 2. The Balaban J connectivity index is 2.26. The summed E-state index contributed by atoms with van der Waals surface area (Å²) in [5, 5.41) is 3.01. The number of rotatable bonds is 20. The van der Waals surface area contributed by atoms with Crippen molar-refractivity contribution in [2.45, 2.75) is 116 Å². The first-order valence-electron chi connectivity index (χ1n) is 18.7. The lowest BCUT2D eigenvalue weighted by Crippen LogP contribution is -2.59. The lowest BCUT2D eigenvalue weighted by atomic mass is 9.89. The molecule has 15 heteroatoms. The van der Waals surface area contributed by atoms with Gasteiger partial charge < -0.3 is 30.3 Å². The number of nitrogen functional groups attached to an aromatic ring is 1. The predicted octanol–water partition coefficient (Wildman–Crippen LogP) is 2.86. The molecule has 0 bridgehead atoms. The Morgan fingerprint density at radius 3 is 2.04 bits per heavy atom. The van der Waals surface area contributed by atoms with Crippen molar-refractivity contribution >= 4 is 39.3 Å². The van der Waals surface area contributed by atoms with Gasteiger partial charge in [-0.15, -0.1) is 0 Å². The third-order valence-electron chi connectivity index (χ3n) is 10.5. The first-order valence-corrected chi connectivity index (χ1v) is 20.3. The Labute approximate surface area is 317 Å². The fraction of sp³-hybridized carbons (Fsp3) is 0.737. The zero-order valence-corrected chi connectivity index (χ0v) is 34.7. The number of nitrogens with two attached hydrogens (primary N) is 1. The van der Waals surface area contributed by atoms with E-state index in [0.29, 0.717) is 37.1 Å². The molecule has 1 saturated heterocycles. The van der Waals surface area contributed by atoms with Crippen molar-refractivity contribution in [1.29, 1.82) is 0 Å². The van der Waals surface area contributed by atoms with Crippen molar-refractivity contribution in [2.75, 3.05) is 47.6 Å². The Morgan fingerprint density at radius 2 is 1.55 bits per heavy atom. The lowest BCUT2D eigenvalue weighted by Gasteiger charge is -2.41. The number of carbonyl (C=O) groups is 4. The highest BCUT2D eigenvalue weighted by molar-refractivity contribution is 7.89. The maximum Gasteiger partial charge on any atom is 0.245 e. The second kappa shape index (κ2) is 20.4. The van der Waals surface area contributed by atoms with E-state index in [1.807, 2.05) is 60.5 Å². The molecular weight excluding hydrogens is 701 g/mol. The van der Waals surface area contributed by atoms with Crippen LogP contribution in [0.25, 0.3) is 0 Å². The van der Waals surface area contributed by atoms with Gasteiger partial charge in [-0.25, -0.2) is 8.42 Å². The van der Waals surface area contributed by atoms with E-state index in [4.69, 9.17) is 15.2 Å². The number of hydrogen-bond acceptors (Lipinski definition) is 10. The highest BCUT2D eigenvalue weighted by Crippen LogP contribution is 2.30. The number of sulfonamides is 1. The zero-order valence-electron chi connectivity index (χ0n) is 33.9. The number of likely N-dealkylation sites (N-methyl/N-ethyl adjacent to an activating group) is 2. The van der Waals surface area contributed by atoms with E-state index in [-0.39, 0.29) is 41.9 Å². The van der Waals surface area contributed by atoms with Crippen LogP contribution in [0, 0.1) is 23.7 Å². The Kier molecular flexibility index (Phi) is 17.7. The fourth-order valence-corrected chi connectivity index (χ4v) is 8.72. The minimum absolute atomic E-state index is 0.0280. The summed E-state index contributed by atoms with van der Waals surface area (Å²) in [6.07, 6.45) is 0.437. The molecule has 1 aliphatic heterocycles. The van der Waals surface area contributed by atoms with Gasteiger partial charge in [0.2, 0.25) is 33.7 Å². The van der Waals surface area contributed by atoms with Crippen LogP contribution in [0.5, 0.6) is 0 Å². The summed E-state index contributed by atoms with van der Waals surface area (Å²) in [5.74, 6) is -2.97. The molecule has 53 heavy (non-hydrogen) atoms. The van der Waals surface area contributed by atoms with E-state index >= 15 is 0 Å². The maximum atomic E-state index is 14.2. The molecule has 1 aromatic carbocycles. The van der Waals surface area contributed by atoms with Crippen LogP contribution in [0.1, 0.15) is 79.7 Å². The second-order valence-corrected chi connectivity index (χ2v) is 17.2. The summed E-state index contributed by atoms with van der Waals surface area (Å²) in [5.41, 5.74) is 6.68. The highest BCUT2D eigenvalue weighted by atomic mass is 32.2. The average molecular weight is 767 g/mol. The average Bonchev–Trinajstić information content (AvgIpc) is 3.56. The van der Waals surface area contributed by atoms with E-state index in [9.17, 15) is 27.6 Å². The van der Waals surface area contributed by atoms with Crippen LogP contribution in [0.4, 0.5) is 5.69 Å². The van der Waals surface area contributed by atoms with Gasteiger partial charge in [0.15, 0.2) is 0 Å². The first-order chi connectivity index (χ1) is 24.7. The SMILES string of the molecule is CC[C@H](C)[C@@H]([C@@H](CC(=O)N1CCC[C@H]1[C@H](OC)[C@@H](C)C(=O)NS(=O)(=O)Cc1ccc(N)cc1)OC)N(C)C(=O)[C@@H](NC(=O)[C@H](C(C)C)N(C)C)C(C)C. The Hall–Kier alpha value is -3.27. The molecule has 1 fully saturated rings. The molecule has 8 atom stereocenters. The third kappa shape index (κ3) is 12.4. The fourth-order valence-electron chi connectivity index (χ4n) is 7.53. The highest BCUT2D eigenvalue weighted by Gasteiger charge is 2.43. The maximum absolute atomic E-state index is 14.2. The quantitative estimate of drug-likeness (QED) is 0.167. The van der Waals surface area contributed by atoms with Gasteiger partial charge in [0, 0.05) is 33.5 Å². The van der Waals surface area contributed by atoms with Gasteiger partial charge in [-0.05, 0) is 62.4 Å². The number of carbonyl (C=O) groups excluding carboxylic acids is 4. The molecule has 0 saturated carbocycles. The summed E-state index contributed by atoms with van der Waals surface area (Å²) in [6, 6.07) is 4.17.